The number of piperazine rings is 1. The molecule has 1 atom stereocenters. The molecular formula is C26H32F3N5O2. The first-order valence-corrected chi connectivity index (χ1v) is 12.1. The molecule has 36 heavy (non-hydrogen) atoms. The summed E-state index contributed by atoms with van der Waals surface area (Å²) < 4.78 is 41.7. The zero-order chi connectivity index (χ0) is 26.0. The second kappa shape index (κ2) is 10.6. The molecule has 0 bridgehead atoms. The van der Waals surface area contributed by atoms with E-state index in [2.05, 4.69) is 10.2 Å². The SMILES string of the molecule is C[C@H]1CN(CC(N)=O)Cc2cc(NC(=O)c3ccc(CN4CCN(C)CC4)c(C(F)(F)F)c3)ccc21. The van der Waals surface area contributed by atoms with Gasteiger partial charge in [-0.2, -0.15) is 13.2 Å². The second-order valence-electron chi connectivity index (χ2n) is 9.85. The van der Waals surface area contributed by atoms with Gasteiger partial charge in [0.05, 0.1) is 12.1 Å². The highest BCUT2D eigenvalue weighted by Crippen LogP contribution is 2.34. The first-order valence-electron chi connectivity index (χ1n) is 12.1. The molecule has 4 rings (SSSR count). The molecule has 0 unspecified atom stereocenters. The first kappa shape index (κ1) is 26.1. The molecule has 1 fully saturated rings. The summed E-state index contributed by atoms with van der Waals surface area (Å²) in [6.45, 7) is 6.59. The van der Waals surface area contributed by atoms with E-state index >= 15 is 0 Å². The summed E-state index contributed by atoms with van der Waals surface area (Å²) >= 11 is 0. The monoisotopic (exact) mass is 503 g/mol. The Morgan fingerprint density at radius 1 is 1.06 bits per heavy atom. The summed E-state index contributed by atoms with van der Waals surface area (Å²) in [6.07, 6.45) is -4.57. The van der Waals surface area contributed by atoms with Crippen LogP contribution in [0.1, 0.15) is 45.5 Å². The van der Waals surface area contributed by atoms with Gasteiger partial charge in [-0.3, -0.25) is 19.4 Å². The van der Waals surface area contributed by atoms with Crippen LogP contribution in [0, 0.1) is 0 Å². The molecule has 10 heteroatoms. The van der Waals surface area contributed by atoms with Crippen molar-refractivity contribution in [1.82, 2.24) is 14.7 Å². The fourth-order valence-electron chi connectivity index (χ4n) is 5.00. The molecule has 194 valence electrons. The number of halogens is 3. The Kier molecular flexibility index (Phi) is 7.67. The van der Waals surface area contributed by atoms with Crippen LogP contribution in [0.4, 0.5) is 18.9 Å². The molecule has 2 heterocycles. The summed E-state index contributed by atoms with van der Waals surface area (Å²) in [5, 5.41) is 2.73. The van der Waals surface area contributed by atoms with Gasteiger partial charge in [-0.15, -0.1) is 0 Å². The molecule has 2 aliphatic rings. The van der Waals surface area contributed by atoms with E-state index in [4.69, 9.17) is 5.73 Å². The highest BCUT2D eigenvalue weighted by Gasteiger charge is 2.34. The maximum atomic E-state index is 13.9. The highest BCUT2D eigenvalue weighted by molar-refractivity contribution is 6.04. The lowest BCUT2D eigenvalue weighted by Gasteiger charge is -2.33. The Morgan fingerprint density at radius 3 is 2.44 bits per heavy atom. The van der Waals surface area contributed by atoms with Crippen LogP contribution in [0.2, 0.25) is 0 Å². The Morgan fingerprint density at radius 2 is 1.78 bits per heavy atom. The topological polar surface area (TPSA) is 81.9 Å². The number of nitrogens with zero attached hydrogens (tertiary/aromatic N) is 3. The minimum absolute atomic E-state index is 0.0501. The Balaban J connectivity index is 1.51. The van der Waals surface area contributed by atoms with Gasteiger partial charge >= 0.3 is 6.18 Å². The Hall–Kier alpha value is -2.95. The molecule has 2 aromatic carbocycles. The van der Waals surface area contributed by atoms with E-state index < -0.39 is 23.6 Å². The maximum absolute atomic E-state index is 13.9. The number of alkyl halides is 3. The van der Waals surface area contributed by atoms with Crippen LogP contribution >= 0.6 is 0 Å². The minimum Gasteiger partial charge on any atom is -0.369 e. The summed E-state index contributed by atoms with van der Waals surface area (Å²) in [4.78, 5) is 30.3. The van der Waals surface area contributed by atoms with E-state index in [9.17, 15) is 22.8 Å². The van der Waals surface area contributed by atoms with Gasteiger partial charge in [-0.1, -0.05) is 19.1 Å². The summed E-state index contributed by atoms with van der Waals surface area (Å²) in [5.74, 6) is -0.837. The molecule has 2 amide bonds. The summed E-state index contributed by atoms with van der Waals surface area (Å²) in [5.41, 5.74) is 7.22. The average molecular weight is 504 g/mol. The van der Waals surface area contributed by atoms with E-state index in [1.807, 2.05) is 35.9 Å². The predicted molar refractivity (Wildman–Crippen MR) is 131 cm³/mol. The van der Waals surface area contributed by atoms with Crippen LogP contribution in [0.5, 0.6) is 0 Å². The van der Waals surface area contributed by atoms with Crippen LogP contribution in [-0.4, -0.2) is 72.8 Å². The molecular weight excluding hydrogens is 471 g/mol. The highest BCUT2D eigenvalue weighted by atomic mass is 19.4. The molecule has 0 radical (unpaired) electrons. The van der Waals surface area contributed by atoms with Crippen molar-refractivity contribution in [3.63, 3.8) is 0 Å². The Bertz CT molecular complexity index is 1130. The van der Waals surface area contributed by atoms with Crippen molar-refractivity contribution in [2.24, 2.45) is 5.73 Å². The first-order chi connectivity index (χ1) is 17.0. The van der Waals surface area contributed by atoms with Crippen molar-refractivity contribution < 1.29 is 22.8 Å². The van der Waals surface area contributed by atoms with Crippen molar-refractivity contribution in [1.29, 1.82) is 0 Å². The van der Waals surface area contributed by atoms with E-state index in [1.165, 1.54) is 12.1 Å². The summed E-state index contributed by atoms with van der Waals surface area (Å²) in [7, 11) is 1.99. The smallest absolute Gasteiger partial charge is 0.369 e. The molecule has 2 aromatic rings. The molecule has 3 N–H and O–H groups in total. The van der Waals surface area contributed by atoms with Gasteiger partial charge in [0.15, 0.2) is 0 Å². The lowest BCUT2D eigenvalue weighted by Crippen LogP contribution is -2.44. The van der Waals surface area contributed by atoms with Gasteiger partial charge in [-0.05, 0) is 53.9 Å². The lowest BCUT2D eigenvalue weighted by molar-refractivity contribution is -0.138. The van der Waals surface area contributed by atoms with E-state index in [0.717, 1.165) is 30.3 Å². The number of carbonyl (C=O) groups is 2. The second-order valence-corrected chi connectivity index (χ2v) is 9.85. The quantitative estimate of drug-likeness (QED) is 0.633. The number of hydrogen-bond donors (Lipinski definition) is 2. The normalized spacial score (nSPS) is 19.6. The number of carbonyl (C=O) groups excluding carboxylic acids is 2. The van der Waals surface area contributed by atoms with Crippen molar-refractivity contribution in [2.45, 2.75) is 32.1 Å². The van der Waals surface area contributed by atoms with Gasteiger partial charge in [0, 0.05) is 57.1 Å². The van der Waals surface area contributed by atoms with Crippen LogP contribution in [0.15, 0.2) is 36.4 Å². The number of benzene rings is 2. The number of amides is 2. The zero-order valence-electron chi connectivity index (χ0n) is 20.6. The third-order valence-corrected chi connectivity index (χ3v) is 6.90. The third-order valence-electron chi connectivity index (χ3n) is 6.90. The molecule has 1 saturated heterocycles. The number of likely N-dealkylation sites (N-methyl/N-ethyl adjacent to an activating group) is 1. The molecule has 2 aliphatic heterocycles. The number of nitrogens with two attached hydrogens (primary N) is 1. The molecule has 0 saturated carbocycles. The number of primary amides is 1. The number of anilines is 1. The van der Waals surface area contributed by atoms with Crippen LogP contribution in [0.25, 0.3) is 0 Å². The van der Waals surface area contributed by atoms with E-state index in [1.54, 1.807) is 6.07 Å². The van der Waals surface area contributed by atoms with E-state index in [0.29, 0.717) is 31.9 Å². The van der Waals surface area contributed by atoms with Crippen LogP contribution < -0.4 is 11.1 Å². The molecule has 0 aromatic heterocycles. The Labute approximate surface area is 209 Å². The third kappa shape index (κ3) is 6.24. The molecule has 0 spiro atoms. The minimum atomic E-state index is -4.57. The number of nitrogens with one attached hydrogen (secondary N) is 1. The number of hydrogen-bond acceptors (Lipinski definition) is 5. The number of rotatable bonds is 6. The van der Waals surface area contributed by atoms with Crippen molar-refractivity contribution in [2.75, 3.05) is 51.6 Å². The largest absolute Gasteiger partial charge is 0.416 e. The van der Waals surface area contributed by atoms with Crippen molar-refractivity contribution in [3.8, 4) is 0 Å². The van der Waals surface area contributed by atoms with Crippen LogP contribution in [-0.2, 0) is 24.1 Å². The van der Waals surface area contributed by atoms with Gasteiger partial charge in [0.1, 0.15) is 0 Å². The van der Waals surface area contributed by atoms with Gasteiger partial charge in [-0.25, -0.2) is 0 Å². The average Bonchev–Trinajstić information content (AvgIpc) is 2.79. The predicted octanol–water partition coefficient (Wildman–Crippen LogP) is 3.11. The lowest BCUT2D eigenvalue weighted by atomic mass is 9.90. The zero-order valence-corrected chi connectivity index (χ0v) is 20.6. The van der Waals surface area contributed by atoms with Crippen molar-refractivity contribution >= 4 is 17.5 Å². The van der Waals surface area contributed by atoms with E-state index in [-0.39, 0.29) is 30.1 Å². The van der Waals surface area contributed by atoms with Crippen LogP contribution in [0.3, 0.4) is 0 Å². The molecule has 7 nitrogen and oxygen atoms in total. The standard InChI is InChI=1S/C26H32F3N5O2/c1-17-13-34(16-24(30)35)15-20-11-21(5-6-22(17)20)31-25(36)18-3-4-19(23(12-18)26(27,28)29)14-33-9-7-32(2)8-10-33/h3-6,11-12,17H,7-10,13-16H2,1-2H3,(H2,30,35)(H,31,36)/t17-/m0/s1. The van der Waals surface area contributed by atoms with Gasteiger partial charge < -0.3 is 16.0 Å². The van der Waals surface area contributed by atoms with Gasteiger partial charge in [0.2, 0.25) is 5.91 Å². The van der Waals surface area contributed by atoms with Gasteiger partial charge in [0.25, 0.3) is 5.91 Å². The fraction of sp³-hybridized carbons (Fsp3) is 0.462. The molecule has 0 aliphatic carbocycles. The summed E-state index contributed by atoms with van der Waals surface area (Å²) in [6, 6.07) is 9.28. The maximum Gasteiger partial charge on any atom is 0.416 e. The van der Waals surface area contributed by atoms with Crippen molar-refractivity contribution in [3.05, 3.63) is 64.2 Å². The fourth-order valence-corrected chi connectivity index (χ4v) is 5.00. The number of fused-ring (bicyclic) bond motifs is 1.